The molecule has 1 aromatic carbocycles. The first kappa shape index (κ1) is 25.1. The van der Waals surface area contributed by atoms with Crippen molar-refractivity contribution in [2.24, 2.45) is 0 Å². The number of nitrogens with zero attached hydrogens (tertiary/aromatic N) is 5. The van der Waals surface area contributed by atoms with Gasteiger partial charge in [-0.3, -0.25) is 14.8 Å². The SMILES string of the molecule is CC(C)c1c(-c2ccnc3[nH]ncc23)[nH]c2ccc(C3CCN(C(=O)CN4CCC(N(C)C)C4)CC3)cc12. The van der Waals surface area contributed by atoms with E-state index >= 15 is 0 Å². The number of amides is 1. The van der Waals surface area contributed by atoms with Crippen LogP contribution in [0.2, 0.25) is 0 Å². The van der Waals surface area contributed by atoms with Crippen LogP contribution in [0.1, 0.15) is 56.1 Å². The average molecular weight is 514 g/mol. The summed E-state index contributed by atoms with van der Waals surface area (Å²) in [5.74, 6) is 1.13. The van der Waals surface area contributed by atoms with Gasteiger partial charge in [0.1, 0.15) is 0 Å². The Hall–Kier alpha value is -3.23. The van der Waals surface area contributed by atoms with E-state index in [1.807, 2.05) is 12.4 Å². The number of fused-ring (bicyclic) bond motifs is 2. The van der Waals surface area contributed by atoms with E-state index in [0.29, 0.717) is 30.3 Å². The maximum Gasteiger partial charge on any atom is 0.236 e. The molecule has 2 aliphatic rings. The van der Waals surface area contributed by atoms with Gasteiger partial charge in [0.05, 0.1) is 18.4 Å². The van der Waals surface area contributed by atoms with Crippen molar-refractivity contribution >= 4 is 27.8 Å². The minimum absolute atomic E-state index is 0.290. The summed E-state index contributed by atoms with van der Waals surface area (Å²) in [6.07, 6.45) is 6.89. The normalized spacial score (nSPS) is 19.5. The number of aromatic nitrogens is 4. The molecule has 2 N–H and O–H groups in total. The molecule has 0 aliphatic carbocycles. The van der Waals surface area contributed by atoms with Crippen molar-refractivity contribution in [1.82, 2.24) is 34.9 Å². The number of hydrogen-bond acceptors (Lipinski definition) is 5. The second kappa shape index (κ2) is 10.2. The van der Waals surface area contributed by atoms with E-state index in [1.54, 1.807) is 0 Å². The Bertz CT molecular complexity index is 1440. The number of likely N-dealkylation sites (tertiary alicyclic amines) is 2. The lowest BCUT2D eigenvalue weighted by molar-refractivity contribution is -0.133. The van der Waals surface area contributed by atoms with Gasteiger partial charge in [-0.05, 0) is 74.5 Å². The van der Waals surface area contributed by atoms with E-state index in [9.17, 15) is 4.79 Å². The summed E-state index contributed by atoms with van der Waals surface area (Å²) >= 11 is 0. The number of pyridine rings is 1. The highest BCUT2D eigenvalue weighted by Crippen LogP contribution is 2.39. The molecule has 0 saturated carbocycles. The van der Waals surface area contributed by atoms with Crippen LogP contribution in [0.5, 0.6) is 0 Å². The first-order valence-electron chi connectivity index (χ1n) is 14.0. The van der Waals surface area contributed by atoms with Crippen LogP contribution in [0.25, 0.3) is 33.2 Å². The number of carbonyl (C=O) groups excluding carboxylic acids is 1. The summed E-state index contributed by atoms with van der Waals surface area (Å²) in [6.45, 7) is 8.79. The average Bonchev–Trinajstić information content (AvgIpc) is 3.66. The molecule has 5 heterocycles. The number of aromatic amines is 2. The molecule has 4 aromatic rings. The van der Waals surface area contributed by atoms with Crippen LogP contribution < -0.4 is 0 Å². The van der Waals surface area contributed by atoms with E-state index in [1.165, 1.54) is 16.5 Å². The van der Waals surface area contributed by atoms with E-state index in [4.69, 9.17) is 0 Å². The van der Waals surface area contributed by atoms with Gasteiger partial charge in [0.2, 0.25) is 5.91 Å². The van der Waals surface area contributed by atoms with Crippen LogP contribution in [-0.4, -0.2) is 93.6 Å². The standard InChI is InChI=1S/C30H39N7O/c1-19(2)28-24-15-21(5-6-26(24)33-29(28)23-7-11-31-30-25(23)16-32-34-30)20-8-13-37(14-9-20)27(38)18-36-12-10-22(17-36)35(3)4/h5-7,11,15-16,19-20,22,33H,8-10,12-14,17-18H2,1-4H3,(H,31,32,34). The van der Waals surface area contributed by atoms with E-state index in [-0.39, 0.29) is 0 Å². The predicted octanol–water partition coefficient (Wildman–Crippen LogP) is 4.57. The molecule has 0 spiro atoms. The van der Waals surface area contributed by atoms with Crippen molar-refractivity contribution in [3.8, 4) is 11.3 Å². The molecule has 1 unspecified atom stereocenters. The zero-order chi connectivity index (χ0) is 26.4. The first-order chi connectivity index (χ1) is 18.4. The van der Waals surface area contributed by atoms with Crippen LogP contribution in [0.3, 0.4) is 0 Å². The number of hydrogen-bond donors (Lipinski definition) is 2. The van der Waals surface area contributed by atoms with Gasteiger partial charge < -0.3 is 14.8 Å². The molecule has 200 valence electrons. The molecular weight excluding hydrogens is 474 g/mol. The maximum atomic E-state index is 13.0. The van der Waals surface area contributed by atoms with Gasteiger partial charge in [-0.25, -0.2) is 4.98 Å². The molecular formula is C30H39N7O. The Labute approximate surface area is 224 Å². The third-order valence-electron chi connectivity index (χ3n) is 8.72. The van der Waals surface area contributed by atoms with Gasteiger partial charge >= 0.3 is 0 Å². The van der Waals surface area contributed by atoms with Crippen LogP contribution in [0, 0.1) is 0 Å². The summed E-state index contributed by atoms with van der Waals surface area (Å²) < 4.78 is 0. The quantitative estimate of drug-likeness (QED) is 0.395. The highest BCUT2D eigenvalue weighted by atomic mass is 16.2. The van der Waals surface area contributed by atoms with E-state index in [0.717, 1.165) is 73.2 Å². The minimum Gasteiger partial charge on any atom is -0.354 e. The Morgan fingerprint density at radius 3 is 2.66 bits per heavy atom. The maximum absolute atomic E-state index is 13.0. The largest absolute Gasteiger partial charge is 0.354 e. The molecule has 1 amide bonds. The summed E-state index contributed by atoms with van der Waals surface area (Å²) in [6, 6.07) is 9.55. The number of piperidine rings is 1. The molecule has 6 rings (SSSR count). The minimum atomic E-state index is 0.290. The monoisotopic (exact) mass is 513 g/mol. The molecule has 3 aromatic heterocycles. The van der Waals surface area contributed by atoms with E-state index < -0.39 is 0 Å². The Morgan fingerprint density at radius 1 is 1.11 bits per heavy atom. The molecule has 8 heteroatoms. The zero-order valence-corrected chi connectivity index (χ0v) is 23.0. The molecule has 2 aliphatic heterocycles. The number of likely N-dealkylation sites (N-methyl/N-ethyl adjacent to an activating group) is 1. The molecule has 0 radical (unpaired) electrons. The molecule has 8 nitrogen and oxygen atoms in total. The number of rotatable bonds is 6. The van der Waals surface area contributed by atoms with Crippen molar-refractivity contribution in [2.75, 3.05) is 46.8 Å². The van der Waals surface area contributed by atoms with Crippen molar-refractivity contribution in [1.29, 1.82) is 0 Å². The van der Waals surface area contributed by atoms with Gasteiger partial charge in [0, 0.05) is 60.3 Å². The highest BCUT2D eigenvalue weighted by Gasteiger charge is 2.29. The molecule has 38 heavy (non-hydrogen) atoms. The van der Waals surface area contributed by atoms with Gasteiger partial charge in [0.25, 0.3) is 0 Å². The summed E-state index contributed by atoms with van der Waals surface area (Å²) in [7, 11) is 4.27. The van der Waals surface area contributed by atoms with Gasteiger partial charge in [-0.2, -0.15) is 5.10 Å². The van der Waals surface area contributed by atoms with Crippen molar-refractivity contribution in [3.63, 3.8) is 0 Å². The number of nitrogens with one attached hydrogen (secondary N) is 2. The fourth-order valence-corrected chi connectivity index (χ4v) is 6.50. The molecule has 0 bridgehead atoms. The van der Waals surface area contributed by atoms with Crippen LogP contribution in [0.4, 0.5) is 0 Å². The summed E-state index contributed by atoms with van der Waals surface area (Å²) in [4.78, 5) is 27.9. The third-order valence-corrected chi connectivity index (χ3v) is 8.72. The van der Waals surface area contributed by atoms with Gasteiger partial charge in [-0.15, -0.1) is 0 Å². The zero-order valence-electron chi connectivity index (χ0n) is 23.0. The van der Waals surface area contributed by atoms with Crippen LogP contribution >= 0.6 is 0 Å². The number of carbonyl (C=O) groups is 1. The second-order valence-corrected chi connectivity index (χ2v) is 11.7. The fraction of sp³-hybridized carbons (Fsp3) is 0.500. The smallest absolute Gasteiger partial charge is 0.236 e. The summed E-state index contributed by atoms with van der Waals surface area (Å²) in [5.41, 5.74) is 6.97. The highest BCUT2D eigenvalue weighted by molar-refractivity contribution is 5.98. The van der Waals surface area contributed by atoms with Crippen LogP contribution in [0.15, 0.2) is 36.7 Å². The predicted molar refractivity (Wildman–Crippen MR) is 152 cm³/mol. The lowest BCUT2D eigenvalue weighted by Gasteiger charge is -2.33. The Balaban J connectivity index is 1.19. The Kier molecular flexibility index (Phi) is 6.70. The van der Waals surface area contributed by atoms with Crippen molar-refractivity contribution in [2.45, 2.75) is 51.0 Å². The number of H-pyrrole nitrogens is 2. The third kappa shape index (κ3) is 4.60. The second-order valence-electron chi connectivity index (χ2n) is 11.7. The summed E-state index contributed by atoms with van der Waals surface area (Å²) in [5, 5.41) is 9.54. The lowest BCUT2D eigenvalue weighted by Crippen LogP contribution is -2.44. The van der Waals surface area contributed by atoms with Crippen LogP contribution in [-0.2, 0) is 4.79 Å². The molecule has 1 atom stereocenters. The van der Waals surface area contributed by atoms with Gasteiger partial charge in [-0.1, -0.05) is 19.9 Å². The van der Waals surface area contributed by atoms with E-state index in [2.05, 4.69) is 87.1 Å². The molecule has 2 fully saturated rings. The molecule has 2 saturated heterocycles. The fourth-order valence-electron chi connectivity index (χ4n) is 6.50. The van der Waals surface area contributed by atoms with Crippen molar-refractivity contribution in [3.05, 3.63) is 47.8 Å². The number of benzene rings is 1. The topological polar surface area (TPSA) is 84.1 Å². The first-order valence-corrected chi connectivity index (χ1v) is 14.0. The Morgan fingerprint density at radius 2 is 1.92 bits per heavy atom. The lowest BCUT2D eigenvalue weighted by atomic mass is 9.87. The van der Waals surface area contributed by atoms with Crippen molar-refractivity contribution < 1.29 is 4.79 Å². The van der Waals surface area contributed by atoms with Gasteiger partial charge in [0.15, 0.2) is 5.65 Å².